The third-order valence-corrected chi connectivity index (χ3v) is 6.96. The van der Waals surface area contributed by atoms with Crippen LogP contribution in [0.1, 0.15) is 42.2 Å². The van der Waals surface area contributed by atoms with Crippen LogP contribution in [0.5, 0.6) is 6.01 Å². The van der Waals surface area contributed by atoms with Gasteiger partial charge in [0.2, 0.25) is 0 Å². The Morgan fingerprint density at radius 3 is 2.76 bits per heavy atom. The first-order valence-electron chi connectivity index (χ1n) is 12.0. The van der Waals surface area contributed by atoms with E-state index in [1.807, 2.05) is 11.6 Å². The molecular formula is C26H29FN6O4. The van der Waals surface area contributed by atoms with Gasteiger partial charge in [-0.25, -0.2) is 14.4 Å². The van der Waals surface area contributed by atoms with E-state index in [2.05, 4.69) is 20.1 Å². The normalized spacial score (nSPS) is 21.8. The molecule has 2 fully saturated rings. The van der Waals surface area contributed by atoms with Crippen LogP contribution in [0.4, 0.5) is 4.39 Å². The number of aromatic nitrogens is 5. The molecule has 11 heteroatoms. The van der Waals surface area contributed by atoms with E-state index in [0.717, 1.165) is 11.8 Å². The summed E-state index contributed by atoms with van der Waals surface area (Å²) in [4.78, 5) is 38.7. The van der Waals surface area contributed by atoms with E-state index in [9.17, 15) is 9.59 Å². The number of amides is 1. The molecule has 2 saturated heterocycles. The van der Waals surface area contributed by atoms with Gasteiger partial charge in [-0.1, -0.05) is 7.43 Å². The molecule has 194 valence electrons. The number of alkyl halides is 1. The Labute approximate surface area is 212 Å². The van der Waals surface area contributed by atoms with Crippen molar-refractivity contribution in [1.29, 1.82) is 0 Å². The van der Waals surface area contributed by atoms with E-state index in [1.165, 1.54) is 17.3 Å². The molecule has 0 radical (unpaired) electrons. The summed E-state index contributed by atoms with van der Waals surface area (Å²) in [6.45, 7) is 3.22. The van der Waals surface area contributed by atoms with E-state index in [0.29, 0.717) is 53.7 Å². The van der Waals surface area contributed by atoms with Crippen LogP contribution < -0.4 is 10.3 Å². The minimum Gasteiger partial charge on any atom is -0.457 e. The maximum atomic E-state index is 15.0. The Bertz CT molecular complexity index is 1500. The summed E-state index contributed by atoms with van der Waals surface area (Å²) in [5.74, 6) is -0.263. The Morgan fingerprint density at radius 1 is 1.22 bits per heavy atom. The lowest BCUT2D eigenvalue weighted by Crippen LogP contribution is -2.49. The molecule has 2 aliphatic rings. The fourth-order valence-electron chi connectivity index (χ4n) is 5.07. The average Bonchev–Trinajstić information content (AvgIpc) is 3.56. The topological polar surface area (TPSA) is 115 Å². The minimum absolute atomic E-state index is 0. The quantitative estimate of drug-likeness (QED) is 0.450. The molecule has 37 heavy (non-hydrogen) atoms. The fourth-order valence-corrected chi connectivity index (χ4v) is 5.07. The van der Waals surface area contributed by atoms with Crippen molar-refractivity contribution in [2.75, 3.05) is 26.3 Å². The number of hydrogen-bond acceptors (Lipinski definition) is 7. The van der Waals surface area contributed by atoms with Crippen molar-refractivity contribution in [3.05, 3.63) is 58.3 Å². The number of rotatable bonds is 4. The number of likely N-dealkylation sites (tertiary alicyclic amines) is 1. The number of nitrogens with one attached hydrogen (secondary N) is 1. The van der Waals surface area contributed by atoms with Gasteiger partial charge in [0.05, 0.1) is 41.8 Å². The van der Waals surface area contributed by atoms with Crippen molar-refractivity contribution in [1.82, 2.24) is 29.6 Å². The zero-order valence-corrected chi connectivity index (χ0v) is 19.7. The van der Waals surface area contributed by atoms with E-state index < -0.39 is 12.3 Å². The number of ether oxygens (including phenoxy) is 2. The third-order valence-electron chi connectivity index (χ3n) is 6.96. The summed E-state index contributed by atoms with van der Waals surface area (Å²) in [5, 5.41) is 5.66. The first-order valence-corrected chi connectivity index (χ1v) is 12.0. The maximum absolute atomic E-state index is 15.0. The Hall–Kier alpha value is -3.86. The van der Waals surface area contributed by atoms with Gasteiger partial charge < -0.3 is 19.4 Å². The Morgan fingerprint density at radius 2 is 2.03 bits per heavy atom. The van der Waals surface area contributed by atoms with Crippen molar-refractivity contribution >= 4 is 27.7 Å². The van der Waals surface area contributed by atoms with Gasteiger partial charge in [0.15, 0.2) is 6.17 Å². The summed E-state index contributed by atoms with van der Waals surface area (Å²) in [5.41, 5.74) is 2.23. The van der Waals surface area contributed by atoms with Gasteiger partial charge in [0, 0.05) is 42.9 Å². The number of halogens is 1. The van der Waals surface area contributed by atoms with Crippen LogP contribution in [0.25, 0.3) is 21.8 Å². The molecule has 4 aromatic rings. The molecule has 1 amide bonds. The molecule has 0 unspecified atom stereocenters. The number of H-pyrrole nitrogens is 1. The maximum Gasteiger partial charge on any atom is 0.316 e. The Balaban J connectivity index is 0.00000280. The van der Waals surface area contributed by atoms with Crippen LogP contribution >= 0.6 is 0 Å². The number of fused-ring (bicyclic) bond motifs is 3. The van der Waals surface area contributed by atoms with Gasteiger partial charge >= 0.3 is 6.01 Å². The first kappa shape index (κ1) is 24.8. The molecule has 0 aliphatic carbocycles. The molecule has 1 N–H and O–H groups in total. The summed E-state index contributed by atoms with van der Waals surface area (Å²) < 4.78 is 28.0. The lowest BCUT2D eigenvalue weighted by atomic mass is 10.00. The number of pyridine rings is 1. The number of nitrogens with zero attached hydrogens (tertiary/aromatic N) is 5. The zero-order valence-electron chi connectivity index (χ0n) is 19.7. The van der Waals surface area contributed by atoms with E-state index in [1.54, 1.807) is 24.4 Å². The molecule has 2 aliphatic heterocycles. The number of carbonyl (C=O) groups is 1. The molecule has 3 atom stereocenters. The van der Waals surface area contributed by atoms with E-state index in [4.69, 9.17) is 9.47 Å². The van der Waals surface area contributed by atoms with Crippen LogP contribution in [-0.4, -0.2) is 74.1 Å². The van der Waals surface area contributed by atoms with Crippen LogP contribution in [0.15, 0.2) is 41.6 Å². The standard InChI is InChI=1S/C25H25FN6O4.CH4/c1-14-9-20-17(22-18(23(33)30-20)11-29-32(22)15-4-8-35-13-15)10-16(14)24(34)31-7-3-21(19(26)12-31)36-25-27-5-2-6-28-25;/h2,5-6,9-11,15,19,21H,3-4,7-8,12-13H2,1H3,(H,30,33);1H4/t15-,19+,21-;/m0./s1. The number of aryl methyl sites for hydroxylation is 1. The zero-order chi connectivity index (χ0) is 24.8. The third kappa shape index (κ3) is 4.43. The summed E-state index contributed by atoms with van der Waals surface area (Å²) in [7, 11) is 0. The van der Waals surface area contributed by atoms with Gasteiger partial charge in [-0.3, -0.25) is 14.3 Å². The Kier molecular flexibility index (Phi) is 6.63. The van der Waals surface area contributed by atoms with Gasteiger partial charge in [0.1, 0.15) is 6.10 Å². The van der Waals surface area contributed by atoms with Gasteiger partial charge in [-0.05, 0) is 37.1 Å². The summed E-state index contributed by atoms with van der Waals surface area (Å²) in [6, 6.07) is 5.38. The molecular weight excluding hydrogens is 479 g/mol. The van der Waals surface area contributed by atoms with Gasteiger partial charge in [-0.15, -0.1) is 0 Å². The van der Waals surface area contributed by atoms with Crippen molar-refractivity contribution in [3.63, 3.8) is 0 Å². The monoisotopic (exact) mass is 508 g/mol. The van der Waals surface area contributed by atoms with Crippen molar-refractivity contribution in [3.8, 4) is 6.01 Å². The van der Waals surface area contributed by atoms with Crippen LogP contribution in [0.2, 0.25) is 0 Å². The lowest BCUT2D eigenvalue weighted by molar-refractivity contribution is 0.0164. The van der Waals surface area contributed by atoms with E-state index in [-0.39, 0.29) is 37.5 Å². The summed E-state index contributed by atoms with van der Waals surface area (Å²) >= 11 is 0. The molecule has 5 heterocycles. The van der Waals surface area contributed by atoms with Gasteiger partial charge in [-0.2, -0.15) is 5.10 Å². The predicted octanol–water partition coefficient (Wildman–Crippen LogP) is 3.21. The fraction of sp³-hybridized carbons (Fsp3) is 0.423. The number of carbonyl (C=O) groups excluding carboxylic acids is 1. The van der Waals surface area contributed by atoms with Crippen LogP contribution in [0, 0.1) is 6.92 Å². The smallest absolute Gasteiger partial charge is 0.316 e. The lowest BCUT2D eigenvalue weighted by Gasteiger charge is -2.34. The van der Waals surface area contributed by atoms with Crippen molar-refractivity contribution in [2.45, 2.75) is 45.5 Å². The molecule has 6 rings (SSSR count). The van der Waals surface area contributed by atoms with Gasteiger partial charge in [0.25, 0.3) is 11.5 Å². The molecule has 0 bridgehead atoms. The molecule has 1 aromatic carbocycles. The van der Waals surface area contributed by atoms with Crippen LogP contribution in [-0.2, 0) is 4.74 Å². The van der Waals surface area contributed by atoms with Crippen LogP contribution in [0.3, 0.4) is 0 Å². The largest absolute Gasteiger partial charge is 0.457 e. The average molecular weight is 509 g/mol. The number of hydrogen-bond donors (Lipinski definition) is 1. The van der Waals surface area contributed by atoms with Crippen molar-refractivity contribution < 1.29 is 18.7 Å². The highest BCUT2D eigenvalue weighted by atomic mass is 19.1. The second-order valence-corrected chi connectivity index (χ2v) is 9.28. The molecule has 0 saturated carbocycles. The SMILES string of the molecule is C.Cc1cc2[nH]c(=O)c3cnn([C@H]4CCOC4)c3c2cc1C(=O)N1CC[C@H](Oc2ncccn2)[C@H](F)C1. The van der Waals surface area contributed by atoms with E-state index >= 15 is 4.39 Å². The predicted molar refractivity (Wildman–Crippen MR) is 136 cm³/mol. The summed E-state index contributed by atoms with van der Waals surface area (Å²) in [6.07, 6.45) is 3.65. The molecule has 3 aromatic heterocycles. The minimum atomic E-state index is -1.38. The number of piperidine rings is 1. The number of aromatic amines is 1. The first-order chi connectivity index (χ1) is 17.5. The second kappa shape index (κ2) is 9.89. The molecule has 0 spiro atoms. The number of benzene rings is 1. The second-order valence-electron chi connectivity index (χ2n) is 9.28. The highest BCUT2D eigenvalue weighted by molar-refractivity contribution is 6.07. The highest BCUT2D eigenvalue weighted by Gasteiger charge is 2.34. The molecule has 10 nitrogen and oxygen atoms in total. The highest BCUT2D eigenvalue weighted by Crippen LogP contribution is 2.30. The van der Waals surface area contributed by atoms with Crippen molar-refractivity contribution in [2.24, 2.45) is 0 Å².